The number of hydrogen-bond acceptors (Lipinski definition) is 3. The van der Waals surface area contributed by atoms with Gasteiger partial charge in [-0.25, -0.2) is 10.4 Å². The van der Waals surface area contributed by atoms with Crippen LogP contribution < -0.4 is 5.43 Å². The Morgan fingerprint density at radius 1 is 0.931 bits per heavy atom. The average molecular weight is 379 g/mol. The van der Waals surface area contributed by atoms with E-state index in [9.17, 15) is 4.79 Å². The highest BCUT2D eigenvalue weighted by molar-refractivity contribution is 6.07. The Balaban J connectivity index is 1.74. The molecule has 0 fully saturated rings. The smallest absolute Gasteiger partial charge is 0.267 e. The topological polar surface area (TPSA) is 54.4 Å². The summed E-state index contributed by atoms with van der Waals surface area (Å²) in [7, 11) is 0. The summed E-state index contributed by atoms with van der Waals surface area (Å²) in [4.78, 5) is 17.7. The summed E-state index contributed by atoms with van der Waals surface area (Å²) < 4.78 is 0. The second-order valence-corrected chi connectivity index (χ2v) is 7.00. The molecule has 3 aromatic carbocycles. The van der Waals surface area contributed by atoms with Crippen molar-refractivity contribution in [1.82, 2.24) is 10.4 Å². The van der Waals surface area contributed by atoms with Gasteiger partial charge < -0.3 is 0 Å². The van der Waals surface area contributed by atoms with Gasteiger partial charge in [-0.2, -0.15) is 5.10 Å². The molecule has 1 N–H and O–H groups in total. The van der Waals surface area contributed by atoms with Crippen molar-refractivity contribution < 1.29 is 4.79 Å². The second-order valence-electron chi connectivity index (χ2n) is 7.00. The zero-order chi connectivity index (χ0) is 20.2. The third-order valence-electron chi connectivity index (χ3n) is 4.81. The number of aryl methyl sites for hydroxylation is 2. The van der Waals surface area contributed by atoms with E-state index in [0.717, 1.165) is 38.9 Å². The number of aromatic nitrogens is 1. The highest BCUT2D eigenvalue weighted by Gasteiger charge is 2.14. The van der Waals surface area contributed by atoms with Crippen LogP contribution in [0.15, 0.2) is 84.0 Å². The van der Waals surface area contributed by atoms with E-state index in [1.165, 1.54) is 0 Å². The highest BCUT2D eigenvalue weighted by atomic mass is 16.2. The Hall–Kier alpha value is -3.79. The van der Waals surface area contributed by atoms with Gasteiger partial charge in [-0.05, 0) is 43.2 Å². The minimum absolute atomic E-state index is 0.262. The average Bonchev–Trinajstić information content (AvgIpc) is 2.75. The minimum Gasteiger partial charge on any atom is -0.267 e. The first-order valence-electron chi connectivity index (χ1n) is 9.48. The largest absolute Gasteiger partial charge is 0.272 e. The minimum atomic E-state index is -0.262. The molecule has 4 heteroatoms. The number of benzene rings is 3. The second kappa shape index (κ2) is 8.07. The van der Waals surface area contributed by atoms with Gasteiger partial charge in [0.1, 0.15) is 0 Å². The SMILES string of the molecule is Cc1ccc(C)c(-c2cc(C(=O)N/N=C/c3ccccc3)c3ccccc3n2)c1. The Kier molecular flexibility index (Phi) is 5.16. The molecule has 0 radical (unpaired) electrons. The van der Waals surface area contributed by atoms with Crippen LogP contribution in [0.4, 0.5) is 0 Å². The van der Waals surface area contributed by atoms with Gasteiger partial charge in [0.25, 0.3) is 5.91 Å². The van der Waals surface area contributed by atoms with E-state index in [-0.39, 0.29) is 5.91 Å². The molecule has 1 amide bonds. The van der Waals surface area contributed by atoms with Crippen LogP contribution in [0, 0.1) is 13.8 Å². The number of pyridine rings is 1. The number of carbonyl (C=O) groups is 1. The van der Waals surface area contributed by atoms with Crippen molar-refractivity contribution in [3.8, 4) is 11.3 Å². The van der Waals surface area contributed by atoms with Gasteiger partial charge in [-0.1, -0.05) is 66.2 Å². The quantitative estimate of drug-likeness (QED) is 0.387. The molecule has 29 heavy (non-hydrogen) atoms. The Morgan fingerprint density at radius 2 is 1.69 bits per heavy atom. The van der Waals surface area contributed by atoms with Crippen molar-refractivity contribution in [3.05, 3.63) is 101 Å². The van der Waals surface area contributed by atoms with Crippen LogP contribution in [-0.4, -0.2) is 17.1 Å². The predicted molar refractivity (Wildman–Crippen MR) is 118 cm³/mol. The number of amides is 1. The van der Waals surface area contributed by atoms with E-state index in [1.54, 1.807) is 6.21 Å². The van der Waals surface area contributed by atoms with Gasteiger partial charge in [0.2, 0.25) is 0 Å². The molecular formula is C25H21N3O. The van der Waals surface area contributed by atoms with E-state index in [0.29, 0.717) is 5.56 Å². The van der Waals surface area contributed by atoms with Crippen LogP contribution in [0.1, 0.15) is 27.0 Å². The third-order valence-corrected chi connectivity index (χ3v) is 4.81. The fourth-order valence-corrected chi connectivity index (χ4v) is 3.28. The van der Waals surface area contributed by atoms with E-state index in [4.69, 9.17) is 4.98 Å². The molecule has 1 aromatic heterocycles. The maximum Gasteiger partial charge on any atom is 0.272 e. The van der Waals surface area contributed by atoms with E-state index in [2.05, 4.69) is 42.6 Å². The molecule has 0 bridgehead atoms. The normalized spacial score (nSPS) is 11.1. The zero-order valence-corrected chi connectivity index (χ0v) is 16.4. The lowest BCUT2D eigenvalue weighted by Gasteiger charge is -2.11. The van der Waals surface area contributed by atoms with Crippen LogP contribution in [0.3, 0.4) is 0 Å². The standard InChI is InChI=1S/C25H21N3O/c1-17-12-13-18(2)21(14-17)24-15-22(20-10-6-7-11-23(20)27-24)25(29)28-26-16-19-8-4-3-5-9-19/h3-16H,1-2H3,(H,28,29)/b26-16+. The number of nitrogens with one attached hydrogen (secondary N) is 1. The molecular weight excluding hydrogens is 358 g/mol. The van der Waals surface area contributed by atoms with Crippen LogP contribution >= 0.6 is 0 Å². The maximum absolute atomic E-state index is 12.9. The molecule has 0 atom stereocenters. The van der Waals surface area contributed by atoms with Crippen molar-refractivity contribution in [3.63, 3.8) is 0 Å². The van der Waals surface area contributed by atoms with Gasteiger partial charge in [-0.3, -0.25) is 4.79 Å². The molecule has 0 saturated carbocycles. The molecule has 0 aliphatic carbocycles. The lowest BCUT2D eigenvalue weighted by atomic mass is 9.99. The molecule has 0 saturated heterocycles. The monoisotopic (exact) mass is 379 g/mol. The maximum atomic E-state index is 12.9. The molecule has 1 heterocycles. The predicted octanol–water partition coefficient (Wildman–Crippen LogP) is 5.28. The lowest BCUT2D eigenvalue weighted by molar-refractivity contribution is 0.0956. The molecule has 4 rings (SSSR count). The summed E-state index contributed by atoms with van der Waals surface area (Å²) in [6, 6.07) is 25.4. The first kappa shape index (κ1) is 18.6. The summed E-state index contributed by atoms with van der Waals surface area (Å²) >= 11 is 0. The van der Waals surface area contributed by atoms with Gasteiger partial charge in [0.05, 0.1) is 23.0 Å². The number of para-hydroxylation sites is 1. The van der Waals surface area contributed by atoms with Crippen LogP contribution in [0.2, 0.25) is 0 Å². The summed E-state index contributed by atoms with van der Waals surface area (Å²) in [5.41, 5.74) is 8.97. The Morgan fingerprint density at radius 3 is 2.52 bits per heavy atom. The van der Waals surface area contributed by atoms with E-state index in [1.807, 2.05) is 60.7 Å². The van der Waals surface area contributed by atoms with Gasteiger partial charge in [0, 0.05) is 10.9 Å². The molecule has 4 aromatic rings. The van der Waals surface area contributed by atoms with Crippen molar-refractivity contribution in [2.24, 2.45) is 5.10 Å². The van der Waals surface area contributed by atoms with E-state index < -0.39 is 0 Å². The molecule has 142 valence electrons. The zero-order valence-electron chi connectivity index (χ0n) is 16.4. The summed E-state index contributed by atoms with van der Waals surface area (Å²) in [5, 5.41) is 4.91. The van der Waals surface area contributed by atoms with Gasteiger partial charge >= 0.3 is 0 Å². The fraction of sp³-hybridized carbons (Fsp3) is 0.0800. The molecule has 0 unspecified atom stereocenters. The van der Waals surface area contributed by atoms with E-state index >= 15 is 0 Å². The van der Waals surface area contributed by atoms with Crippen molar-refractivity contribution in [2.75, 3.05) is 0 Å². The number of nitrogens with zero attached hydrogens (tertiary/aromatic N) is 2. The number of carbonyl (C=O) groups excluding carboxylic acids is 1. The Labute approximate surface area is 169 Å². The number of hydrogen-bond donors (Lipinski definition) is 1. The van der Waals surface area contributed by atoms with Crippen molar-refractivity contribution in [2.45, 2.75) is 13.8 Å². The van der Waals surface area contributed by atoms with Crippen LogP contribution in [0.5, 0.6) is 0 Å². The molecule has 4 nitrogen and oxygen atoms in total. The third kappa shape index (κ3) is 4.06. The summed E-state index contributed by atoms with van der Waals surface area (Å²) in [6.45, 7) is 4.10. The highest BCUT2D eigenvalue weighted by Crippen LogP contribution is 2.27. The number of fused-ring (bicyclic) bond motifs is 1. The Bertz CT molecular complexity index is 1210. The van der Waals surface area contributed by atoms with Crippen LogP contribution in [-0.2, 0) is 0 Å². The van der Waals surface area contributed by atoms with Gasteiger partial charge in [0.15, 0.2) is 0 Å². The first-order chi connectivity index (χ1) is 14.1. The number of rotatable bonds is 4. The first-order valence-corrected chi connectivity index (χ1v) is 9.48. The molecule has 0 spiro atoms. The van der Waals surface area contributed by atoms with Gasteiger partial charge in [-0.15, -0.1) is 0 Å². The fourth-order valence-electron chi connectivity index (χ4n) is 3.28. The summed E-state index contributed by atoms with van der Waals surface area (Å²) in [6.07, 6.45) is 1.63. The summed E-state index contributed by atoms with van der Waals surface area (Å²) in [5.74, 6) is -0.262. The molecule has 0 aliphatic heterocycles. The molecule has 0 aliphatic rings. The number of hydrazone groups is 1. The van der Waals surface area contributed by atoms with Crippen LogP contribution in [0.25, 0.3) is 22.2 Å². The lowest BCUT2D eigenvalue weighted by Crippen LogP contribution is -2.18. The van der Waals surface area contributed by atoms with Crippen molar-refractivity contribution in [1.29, 1.82) is 0 Å². The van der Waals surface area contributed by atoms with Crippen molar-refractivity contribution >= 4 is 23.0 Å².